The molecule has 2 aliphatic rings. The van der Waals surface area contributed by atoms with Crippen LogP contribution in [-0.4, -0.2) is 18.8 Å². The van der Waals surface area contributed by atoms with Gasteiger partial charge in [0.15, 0.2) is 0 Å². The van der Waals surface area contributed by atoms with Gasteiger partial charge in [0.05, 0.1) is 0 Å². The maximum absolute atomic E-state index is 5.39. The van der Waals surface area contributed by atoms with Crippen molar-refractivity contribution in [3.63, 3.8) is 0 Å². The Hall–Kier alpha value is -0.900. The van der Waals surface area contributed by atoms with Gasteiger partial charge < -0.3 is 4.74 Å². The van der Waals surface area contributed by atoms with Crippen molar-refractivity contribution < 1.29 is 14.5 Å². The summed E-state index contributed by atoms with van der Waals surface area (Å²) in [5.74, 6) is 0. The molecule has 3 nitrogen and oxygen atoms in total. The first kappa shape index (κ1) is 7.50. The van der Waals surface area contributed by atoms with Crippen LogP contribution in [0.2, 0.25) is 0 Å². The zero-order valence-electron chi connectivity index (χ0n) is 7.05. The third-order valence-electron chi connectivity index (χ3n) is 2.45. The number of rotatable bonds is 1. The Balaban J connectivity index is 1.85. The van der Waals surface area contributed by atoms with Crippen molar-refractivity contribution in [2.75, 3.05) is 6.61 Å². The largest absolute Gasteiger partial charge is 0.364 e. The van der Waals surface area contributed by atoms with Crippen LogP contribution in [0.15, 0.2) is 30.3 Å². The quantitative estimate of drug-likeness (QED) is 0.482. The van der Waals surface area contributed by atoms with Crippen molar-refractivity contribution in [3.05, 3.63) is 35.9 Å². The second kappa shape index (κ2) is 2.80. The van der Waals surface area contributed by atoms with Gasteiger partial charge in [-0.25, -0.2) is 9.78 Å². The SMILES string of the molecule is c1ccc([C@H]2OOC[C@@H]3O[C@@H]32)cc1. The number of benzene rings is 1. The van der Waals surface area contributed by atoms with E-state index in [1.165, 1.54) is 0 Å². The molecule has 0 bridgehead atoms. The number of fused-ring (bicyclic) bond motifs is 1. The standard InChI is InChI=1S/C10H10O3/c1-2-4-7(5-3-1)9-10-8(12-10)6-11-13-9/h1-5,8-10H,6H2/t8-,9+,10-/m0/s1. The molecular formula is C10H10O3. The van der Waals surface area contributed by atoms with Crippen molar-refractivity contribution in [3.8, 4) is 0 Å². The Morgan fingerprint density at radius 1 is 1.15 bits per heavy atom. The van der Waals surface area contributed by atoms with Gasteiger partial charge in [-0.1, -0.05) is 30.3 Å². The summed E-state index contributed by atoms with van der Waals surface area (Å²) in [6.45, 7) is 0.563. The van der Waals surface area contributed by atoms with Crippen LogP contribution in [0.3, 0.4) is 0 Å². The predicted molar refractivity (Wildman–Crippen MR) is 44.9 cm³/mol. The minimum atomic E-state index is -0.0417. The maximum atomic E-state index is 5.39. The molecular weight excluding hydrogens is 168 g/mol. The number of hydrogen-bond acceptors (Lipinski definition) is 3. The number of hydrogen-bond donors (Lipinski definition) is 0. The van der Waals surface area contributed by atoms with Crippen LogP contribution < -0.4 is 0 Å². The zero-order chi connectivity index (χ0) is 8.67. The first-order valence-electron chi connectivity index (χ1n) is 4.44. The van der Waals surface area contributed by atoms with Gasteiger partial charge in [-0.05, 0) is 5.56 Å². The molecule has 1 aromatic carbocycles. The molecule has 0 saturated carbocycles. The number of ether oxygens (including phenoxy) is 1. The first-order chi connectivity index (χ1) is 6.45. The van der Waals surface area contributed by atoms with Gasteiger partial charge in [0, 0.05) is 0 Å². The van der Waals surface area contributed by atoms with Crippen LogP contribution in [0.25, 0.3) is 0 Å². The highest BCUT2D eigenvalue weighted by Crippen LogP contribution is 2.40. The molecule has 3 atom stereocenters. The average Bonchev–Trinajstić information content (AvgIpc) is 2.97. The Morgan fingerprint density at radius 3 is 2.85 bits per heavy atom. The lowest BCUT2D eigenvalue weighted by atomic mass is 10.0. The van der Waals surface area contributed by atoms with E-state index in [-0.39, 0.29) is 18.3 Å². The van der Waals surface area contributed by atoms with Gasteiger partial charge >= 0.3 is 0 Å². The molecule has 1 aromatic rings. The molecule has 0 unspecified atom stereocenters. The predicted octanol–water partition coefficient (Wildman–Crippen LogP) is 1.46. The Labute approximate surface area is 76.1 Å². The van der Waals surface area contributed by atoms with Crippen LogP contribution in [0.4, 0.5) is 0 Å². The summed E-state index contributed by atoms with van der Waals surface area (Å²) in [4.78, 5) is 10.2. The van der Waals surface area contributed by atoms with Crippen molar-refractivity contribution in [1.82, 2.24) is 0 Å². The molecule has 13 heavy (non-hydrogen) atoms. The Kier molecular flexibility index (Phi) is 1.62. The monoisotopic (exact) mass is 178 g/mol. The lowest BCUT2D eigenvalue weighted by Crippen LogP contribution is -2.21. The molecule has 2 aliphatic heterocycles. The zero-order valence-corrected chi connectivity index (χ0v) is 7.05. The van der Waals surface area contributed by atoms with Crippen LogP contribution in [0.1, 0.15) is 11.7 Å². The molecule has 68 valence electrons. The topological polar surface area (TPSA) is 31.0 Å². The van der Waals surface area contributed by atoms with E-state index in [2.05, 4.69) is 0 Å². The molecule has 0 aliphatic carbocycles. The van der Waals surface area contributed by atoms with E-state index in [1.807, 2.05) is 30.3 Å². The fourth-order valence-electron chi connectivity index (χ4n) is 1.68. The smallest absolute Gasteiger partial charge is 0.147 e. The molecule has 0 spiro atoms. The van der Waals surface area contributed by atoms with E-state index >= 15 is 0 Å². The summed E-state index contributed by atoms with van der Waals surface area (Å²) in [5.41, 5.74) is 1.12. The summed E-state index contributed by atoms with van der Waals surface area (Å²) in [7, 11) is 0. The molecule has 0 aromatic heterocycles. The number of epoxide rings is 1. The lowest BCUT2D eigenvalue weighted by Gasteiger charge is -2.17. The normalized spacial score (nSPS) is 36.8. The maximum Gasteiger partial charge on any atom is 0.147 e. The average molecular weight is 178 g/mol. The molecule has 0 N–H and O–H groups in total. The first-order valence-corrected chi connectivity index (χ1v) is 4.44. The third-order valence-corrected chi connectivity index (χ3v) is 2.45. The van der Waals surface area contributed by atoms with Crippen molar-refractivity contribution >= 4 is 0 Å². The van der Waals surface area contributed by atoms with Gasteiger partial charge in [-0.3, -0.25) is 0 Å². The van der Waals surface area contributed by atoms with Gasteiger partial charge in [-0.2, -0.15) is 0 Å². The van der Waals surface area contributed by atoms with Crippen LogP contribution in [0.5, 0.6) is 0 Å². The third kappa shape index (κ3) is 1.25. The fourth-order valence-corrected chi connectivity index (χ4v) is 1.68. The van der Waals surface area contributed by atoms with E-state index < -0.39 is 0 Å². The molecule has 2 heterocycles. The highest BCUT2D eigenvalue weighted by molar-refractivity contribution is 5.21. The highest BCUT2D eigenvalue weighted by Gasteiger charge is 2.50. The minimum Gasteiger partial charge on any atom is -0.364 e. The van der Waals surface area contributed by atoms with E-state index in [1.54, 1.807) is 0 Å². The molecule has 0 radical (unpaired) electrons. The fraction of sp³-hybridized carbons (Fsp3) is 0.400. The molecule has 0 amide bonds. The van der Waals surface area contributed by atoms with Crippen molar-refractivity contribution in [2.24, 2.45) is 0 Å². The van der Waals surface area contributed by atoms with Gasteiger partial charge in [0.1, 0.15) is 24.9 Å². The van der Waals surface area contributed by atoms with E-state index in [9.17, 15) is 0 Å². The van der Waals surface area contributed by atoms with Crippen LogP contribution >= 0.6 is 0 Å². The summed E-state index contributed by atoms with van der Waals surface area (Å²) in [6, 6.07) is 10.0. The second-order valence-corrected chi connectivity index (χ2v) is 3.35. The summed E-state index contributed by atoms with van der Waals surface area (Å²) in [6.07, 6.45) is 0.412. The second-order valence-electron chi connectivity index (χ2n) is 3.35. The van der Waals surface area contributed by atoms with Gasteiger partial charge in [0.25, 0.3) is 0 Å². The van der Waals surface area contributed by atoms with Crippen LogP contribution in [0, 0.1) is 0 Å². The van der Waals surface area contributed by atoms with E-state index in [0.717, 1.165) is 5.56 Å². The molecule has 2 fully saturated rings. The minimum absolute atomic E-state index is 0.0417. The molecule has 2 saturated heterocycles. The summed E-state index contributed by atoms with van der Waals surface area (Å²) < 4.78 is 5.39. The Bertz CT molecular complexity index is 298. The summed E-state index contributed by atoms with van der Waals surface area (Å²) in [5, 5.41) is 0. The lowest BCUT2D eigenvalue weighted by molar-refractivity contribution is -0.339. The molecule has 3 heteroatoms. The van der Waals surface area contributed by atoms with Crippen LogP contribution in [-0.2, 0) is 14.5 Å². The van der Waals surface area contributed by atoms with E-state index in [0.29, 0.717) is 6.61 Å². The summed E-state index contributed by atoms with van der Waals surface area (Å²) >= 11 is 0. The van der Waals surface area contributed by atoms with Crippen molar-refractivity contribution in [1.29, 1.82) is 0 Å². The van der Waals surface area contributed by atoms with Gasteiger partial charge in [-0.15, -0.1) is 0 Å². The highest BCUT2D eigenvalue weighted by atomic mass is 17.2. The van der Waals surface area contributed by atoms with E-state index in [4.69, 9.17) is 14.5 Å². The Morgan fingerprint density at radius 2 is 2.00 bits per heavy atom. The van der Waals surface area contributed by atoms with Crippen molar-refractivity contribution in [2.45, 2.75) is 18.3 Å². The molecule has 3 rings (SSSR count). The van der Waals surface area contributed by atoms with Gasteiger partial charge in [0.2, 0.25) is 0 Å².